The van der Waals surface area contributed by atoms with Crippen molar-refractivity contribution in [2.75, 3.05) is 38.1 Å². The van der Waals surface area contributed by atoms with Crippen molar-refractivity contribution >= 4 is 5.69 Å². The van der Waals surface area contributed by atoms with Crippen molar-refractivity contribution in [3.63, 3.8) is 0 Å². The van der Waals surface area contributed by atoms with E-state index in [1.54, 1.807) is 6.07 Å². The van der Waals surface area contributed by atoms with Gasteiger partial charge in [-0.25, -0.2) is 4.39 Å². The second kappa shape index (κ2) is 6.10. The largest absolute Gasteiger partial charge is 0.366 e. The summed E-state index contributed by atoms with van der Waals surface area (Å²) in [5, 5.41) is 3.22. The number of benzene rings is 1. The molecule has 112 valence electrons. The number of piperazine rings is 1. The Kier molecular flexibility index (Phi) is 4.66. The van der Waals surface area contributed by atoms with E-state index in [-0.39, 0.29) is 11.4 Å². The number of likely N-dealkylation sites (N-methyl/N-ethyl adjacent to an activating group) is 1. The first-order chi connectivity index (χ1) is 9.44. The lowest BCUT2D eigenvalue weighted by Gasteiger charge is -2.46. The first-order valence-corrected chi connectivity index (χ1v) is 7.39. The Morgan fingerprint density at radius 1 is 1.30 bits per heavy atom. The minimum absolute atomic E-state index is 0.0765. The molecule has 1 aromatic rings. The van der Waals surface area contributed by atoms with Gasteiger partial charge in [0.25, 0.3) is 0 Å². The van der Waals surface area contributed by atoms with Crippen molar-refractivity contribution in [2.45, 2.75) is 32.9 Å². The smallest absolute Gasteiger partial charge is 0.146 e. The van der Waals surface area contributed by atoms with Crippen LogP contribution in [0.4, 0.5) is 10.1 Å². The fourth-order valence-corrected chi connectivity index (χ4v) is 2.63. The zero-order valence-corrected chi connectivity index (χ0v) is 13.0. The molecule has 1 heterocycles. The quantitative estimate of drug-likeness (QED) is 0.913. The van der Waals surface area contributed by atoms with Crippen molar-refractivity contribution in [1.29, 1.82) is 0 Å². The van der Waals surface area contributed by atoms with Crippen molar-refractivity contribution in [2.24, 2.45) is 0 Å². The summed E-state index contributed by atoms with van der Waals surface area (Å²) in [6.07, 6.45) is 0. The van der Waals surface area contributed by atoms with E-state index in [0.717, 1.165) is 44.0 Å². The molecule has 3 nitrogen and oxygen atoms in total. The lowest BCUT2D eigenvalue weighted by Crippen LogP contribution is -2.57. The maximum absolute atomic E-state index is 14.3. The van der Waals surface area contributed by atoms with Crippen molar-refractivity contribution in [1.82, 2.24) is 10.2 Å². The Labute approximate surface area is 121 Å². The molecule has 0 aromatic heterocycles. The molecule has 4 heteroatoms. The fourth-order valence-electron chi connectivity index (χ4n) is 2.63. The van der Waals surface area contributed by atoms with Gasteiger partial charge in [-0.1, -0.05) is 13.0 Å². The van der Waals surface area contributed by atoms with Gasteiger partial charge in [-0.3, -0.25) is 4.90 Å². The molecule has 0 radical (unpaired) electrons. The first kappa shape index (κ1) is 15.3. The molecule has 0 aliphatic carbocycles. The minimum Gasteiger partial charge on any atom is -0.366 e. The molecule has 0 spiro atoms. The standard InChI is InChI=1S/C16H26FN3/c1-5-18-11-13-6-7-15(14(17)10-13)20-9-8-19(4)16(2,3)12-20/h6-7,10,18H,5,8-9,11-12H2,1-4H3. The number of rotatable bonds is 4. The van der Waals surface area contributed by atoms with Crippen LogP contribution in [0.2, 0.25) is 0 Å². The van der Waals surface area contributed by atoms with E-state index in [4.69, 9.17) is 0 Å². The van der Waals surface area contributed by atoms with E-state index < -0.39 is 0 Å². The molecule has 1 saturated heterocycles. The third-order valence-corrected chi connectivity index (χ3v) is 4.25. The highest BCUT2D eigenvalue weighted by Gasteiger charge is 2.31. The van der Waals surface area contributed by atoms with E-state index in [1.807, 2.05) is 12.1 Å². The maximum atomic E-state index is 14.3. The van der Waals surface area contributed by atoms with Crippen LogP contribution < -0.4 is 10.2 Å². The summed E-state index contributed by atoms with van der Waals surface area (Å²) in [6, 6.07) is 5.60. The van der Waals surface area contributed by atoms with Crippen LogP contribution in [-0.4, -0.2) is 43.7 Å². The molecular formula is C16H26FN3. The number of nitrogens with zero attached hydrogens (tertiary/aromatic N) is 2. The monoisotopic (exact) mass is 279 g/mol. The molecule has 1 aliphatic rings. The van der Waals surface area contributed by atoms with E-state index in [0.29, 0.717) is 0 Å². The lowest BCUT2D eigenvalue weighted by atomic mass is 9.99. The van der Waals surface area contributed by atoms with Gasteiger partial charge in [0.1, 0.15) is 5.82 Å². The molecule has 20 heavy (non-hydrogen) atoms. The molecule has 1 fully saturated rings. The Morgan fingerprint density at radius 3 is 2.65 bits per heavy atom. The third-order valence-electron chi connectivity index (χ3n) is 4.25. The molecule has 0 amide bonds. The van der Waals surface area contributed by atoms with Gasteiger partial charge in [0.15, 0.2) is 0 Å². The second-order valence-corrected chi connectivity index (χ2v) is 6.22. The van der Waals surface area contributed by atoms with Crippen molar-refractivity contribution in [3.05, 3.63) is 29.6 Å². The van der Waals surface area contributed by atoms with E-state index in [9.17, 15) is 4.39 Å². The predicted molar refractivity (Wildman–Crippen MR) is 82.7 cm³/mol. The van der Waals surface area contributed by atoms with Crippen LogP contribution >= 0.6 is 0 Å². The summed E-state index contributed by atoms with van der Waals surface area (Å²) in [6.45, 7) is 10.8. The average molecular weight is 279 g/mol. The van der Waals surface area contributed by atoms with Gasteiger partial charge in [-0.2, -0.15) is 0 Å². The van der Waals surface area contributed by atoms with Gasteiger partial charge in [0.05, 0.1) is 5.69 Å². The average Bonchev–Trinajstić information content (AvgIpc) is 2.40. The fraction of sp³-hybridized carbons (Fsp3) is 0.625. The summed E-state index contributed by atoms with van der Waals surface area (Å²) < 4.78 is 14.3. The van der Waals surface area contributed by atoms with Crippen LogP contribution in [0, 0.1) is 5.82 Å². The predicted octanol–water partition coefficient (Wildman–Crippen LogP) is 2.47. The minimum atomic E-state index is -0.110. The zero-order chi connectivity index (χ0) is 14.8. The molecule has 0 bridgehead atoms. The van der Waals surface area contributed by atoms with Crippen molar-refractivity contribution in [3.8, 4) is 0 Å². The third kappa shape index (κ3) is 3.30. The van der Waals surface area contributed by atoms with Gasteiger partial charge >= 0.3 is 0 Å². The molecule has 1 aromatic carbocycles. The molecule has 2 rings (SSSR count). The van der Waals surface area contributed by atoms with Gasteiger partial charge in [0, 0.05) is 31.7 Å². The molecule has 0 saturated carbocycles. The Hall–Kier alpha value is -1.13. The van der Waals surface area contributed by atoms with Crippen LogP contribution in [0.15, 0.2) is 18.2 Å². The molecule has 0 unspecified atom stereocenters. The van der Waals surface area contributed by atoms with Crippen LogP contribution in [0.25, 0.3) is 0 Å². The van der Waals surface area contributed by atoms with Crippen molar-refractivity contribution < 1.29 is 4.39 Å². The SMILES string of the molecule is CCNCc1ccc(N2CCN(C)C(C)(C)C2)c(F)c1. The molecule has 0 atom stereocenters. The Morgan fingerprint density at radius 2 is 2.05 bits per heavy atom. The van der Waals surface area contributed by atoms with Crippen LogP contribution in [0.1, 0.15) is 26.3 Å². The second-order valence-electron chi connectivity index (χ2n) is 6.22. The Balaban J connectivity index is 2.13. The number of anilines is 1. The van der Waals surface area contributed by atoms with Crippen LogP contribution in [0.5, 0.6) is 0 Å². The van der Waals surface area contributed by atoms with E-state index in [2.05, 4.69) is 42.9 Å². The highest BCUT2D eigenvalue weighted by molar-refractivity contribution is 5.50. The summed E-state index contributed by atoms with van der Waals surface area (Å²) in [5.41, 5.74) is 1.81. The lowest BCUT2D eigenvalue weighted by molar-refractivity contribution is 0.138. The number of nitrogens with one attached hydrogen (secondary N) is 1. The number of hydrogen-bond acceptors (Lipinski definition) is 3. The zero-order valence-electron chi connectivity index (χ0n) is 13.0. The summed E-state index contributed by atoms with van der Waals surface area (Å²) in [7, 11) is 2.13. The maximum Gasteiger partial charge on any atom is 0.146 e. The topological polar surface area (TPSA) is 18.5 Å². The van der Waals surface area contributed by atoms with E-state index in [1.165, 1.54) is 0 Å². The number of hydrogen-bond donors (Lipinski definition) is 1. The normalized spacial score (nSPS) is 19.4. The summed E-state index contributed by atoms with van der Waals surface area (Å²) in [4.78, 5) is 4.49. The Bertz CT molecular complexity index is 459. The first-order valence-electron chi connectivity index (χ1n) is 7.39. The molecule has 1 aliphatic heterocycles. The van der Waals surface area contributed by atoms with Gasteiger partial charge in [-0.15, -0.1) is 0 Å². The highest BCUT2D eigenvalue weighted by atomic mass is 19.1. The summed E-state index contributed by atoms with van der Waals surface area (Å²) in [5.74, 6) is -0.110. The van der Waals surface area contributed by atoms with Gasteiger partial charge in [0.2, 0.25) is 0 Å². The van der Waals surface area contributed by atoms with Gasteiger partial charge < -0.3 is 10.2 Å². The highest BCUT2D eigenvalue weighted by Crippen LogP contribution is 2.27. The van der Waals surface area contributed by atoms with E-state index >= 15 is 0 Å². The van der Waals surface area contributed by atoms with Crippen LogP contribution in [-0.2, 0) is 6.54 Å². The van der Waals surface area contributed by atoms with Gasteiger partial charge in [-0.05, 0) is 45.1 Å². The molecule has 1 N–H and O–H groups in total. The number of halogens is 1. The van der Waals surface area contributed by atoms with Crippen LogP contribution in [0.3, 0.4) is 0 Å². The summed E-state index contributed by atoms with van der Waals surface area (Å²) >= 11 is 0. The molecular weight excluding hydrogens is 253 g/mol.